The summed E-state index contributed by atoms with van der Waals surface area (Å²) in [6.45, 7) is -0.890. The molecular weight excluding hydrogens is 411 g/mol. The fraction of sp³-hybridized carbons (Fsp3) is 0.263. The van der Waals surface area contributed by atoms with E-state index in [0.717, 1.165) is 0 Å². The van der Waals surface area contributed by atoms with Crippen LogP contribution in [0.15, 0.2) is 30.3 Å². The van der Waals surface area contributed by atoms with Crippen LogP contribution in [0.1, 0.15) is 10.4 Å². The Morgan fingerprint density at radius 3 is 2.04 bits per heavy atom. The van der Waals surface area contributed by atoms with Crippen molar-refractivity contribution < 1.29 is 33.3 Å². The molecule has 0 aromatic heterocycles. The topological polar surface area (TPSA) is 80.3 Å². The van der Waals surface area contributed by atoms with Gasteiger partial charge in [-0.25, -0.2) is 4.79 Å². The van der Waals surface area contributed by atoms with Crippen LogP contribution in [0.2, 0.25) is 10.0 Å². The van der Waals surface area contributed by atoms with Crippen molar-refractivity contribution in [1.82, 2.24) is 0 Å². The second-order valence-corrected chi connectivity index (χ2v) is 6.20. The van der Waals surface area contributed by atoms with Crippen molar-refractivity contribution in [2.75, 3.05) is 34.5 Å². The lowest BCUT2D eigenvalue weighted by Crippen LogP contribution is -2.19. The highest BCUT2D eigenvalue weighted by Gasteiger charge is 2.18. The van der Waals surface area contributed by atoms with Crippen molar-refractivity contribution in [3.8, 4) is 23.0 Å². The monoisotopic (exact) mass is 428 g/mol. The number of esters is 1. The first-order chi connectivity index (χ1) is 13.4. The van der Waals surface area contributed by atoms with Crippen molar-refractivity contribution in [3.63, 3.8) is 0 Å². The van der Waals surface area contributed by atoms with Crippen LogP contribution in [0, 0.1) is 0 Å². The summed E-state index contributed by atoms with van der Waals surface area (Å²) in [5, 5.41) is 0.699. The Hall–Kier alpha value is -2.64. The molecule has 0 saturated heterocycles. The number of Topliss-reactive ketones (excluding diaryl/α,β-unsaturated/α-hetero) is 1. The first-order valence-corrected chi connectivity index (χ1v) is 8.71. The summed E-state index contributed by atoms with van der Waals surface area (Å²) < 4.78 is 25.8. The predicted octanol–water partition coefficient (Wildman–Crippen LogP) is 3.82. The molecule has 0 atom stereocenters. The molecule has 2 rings (SSSR count). The molecule has 0 unspecified atom stereocenters. The molecule has 9 heteroatoms. The van der Waals surface area contributed by atoms with Crippen LogP contribution in [0.3, 0.4) is 0 Å². The van der Waals surface area contributed by atoms with E-state index >= 15 is 0 Å². The van der Waals surface area contributed by atoms with Gasteiger partial charge in [-0.05, 0) is 30.3 Å². The molecule has 0 N–H and O–H groups in total. The number of rotatable bonds is 9. The van der Waals surface area contributed by atoms with E-state index in [0.29, 0.717) is 22.3 Å². The molecule has 0 spiro atoms. The van der Waals surface area contributed by atoms with Gasteiger partial charge in [-0.2, -0.15) is 0 Å². The van der Waals surface area contributed by atoms with Crippen LogP contribution in [0.4, 0.5) is 0 Å². The van der Waals surface area contributed by atoms with Crippen LogP contribution in [0.25, 0.3) is 0 Å². The third kappa shape index (κ3) is 5.43. The van der Waals surface area contributed by atoms with Gasteiger partial charge in [0.25, 0.3) is 0 Å². The molecule has 7 nitrogen and oxygen atoms in total. The number of halogens is 2. The van der Waals surface area contributed by atoms with E-state index in [1.807, 2.05) is 0 Å². The molecule has 0 bridgehead atoms. The minimum Gasteiger partial charge on any atom is -0.493 e. The summed E-state index contributed by atoms with van der Waals surface area (Å²) in [6, 6.07) is 7.53. The zero-order valence-corrected chi connectivity index (χ0v) is 16.9. The molecule has 0 radical (unpaired) electrons. The average molecular weight is 429 g/mol. The molecule has 0 aliphatic heterocycles. The van der Waals surface area contributed by atoms with E-state index in [1.165, 1.54) is 45.6 Å². The Balaban J connectivity index is 1.96. The third-order valence-electron chi connectivity index (χ3n) is 3.59. The lowest BCUT2D eigenvalue weighted by atomic mass is 10.1. The van der Waals surface area contributed by atoms with Crippen molar-refractivity contribution in [2.24, 2.45) is 0 Å². The molecule has 0 aliphatic rings. The van der Waals surface area contributed by atoms with Gasteiger partial charge in [0.2, 0.25) is 11.5 Å². The van der Waals surface area contributed by atoms with Gasteiger partial charge in [0, 0.05) is 10.6 Å². The standard InChI is InChI=1S/C19H18Cl2O7/c1-24-16-6-11(7-17(25-2)19(16)26-3)14(22)9-28-18(23)10-27-15-5-4-12(20)8-13(15)21/h4-8H,9-10H2,1-3H3. The summed E-state index contributed by atoms with van der Waals surface area (Å²) in [5.74, 6) is 0.0872. The Kier molecular flexibility index (Phi) is 7.78. The maximum atomic E-state index is 12.3. The van der Waals surface area contributed by atoms with Crippen LogP contribution >= 0.6 is 23.2 Å². The zero-order valence-electron chi connectivity index (χ0n) is 15.4. The molecule has 0 heterocycles. The number of hydrogen-bond acceptors (Lipinski definition) is 7. The Morgan fingerprint density at radius 2 is 1.50 bits per heavy atom. The molecule has 150 valence electrons. The molecule has 0 amide bonds. The lowest BCUT2D eigenvalue weighted by molar-refractivity contribution is -0.144. The first kappa shape index (κ1) is 21.7. The van der Waals surface area contributed by atoms with Crippen molar-refractivity contribution in [1.29, 1.82) is 0 Å². The van der Waals surface area contributed by atoms with E-state index < -0.39 is 25.0 Å². The smallest absolute Gasteiger partial charge is 0.344 e. The molecular formula is C19H18Cl2O7. The number of ketones is 1. The normalized spacial score (nSPS) is 10.2. The van der Waals surface area contributed by atoms with Gasteiger partial charge in [-0.15, -0.1) is 0 Å². The number of carbonyl (C=O) groups is 2. The number of benzene rings is 2. The van der Waals surface area contributed by atoms with Gasteiger partial charge in [0.1, 0.15) is 5.75 Å². The van der Waals surface area contributed by atoms with Crippen LogP contribution in [-0.4, -0.2) is 46.3 Å². The van der Waals surface area contributed by atoms with E-state index in [4.69, 9.17) is 46.9 Å². The average Bonchev–Trinajstić information content (AvgIpc) is 2.69. The minimum absolute atomic E-state index is 0.240. The third-order valence-corrected chi connectivity index (χ3v) is 4.12. The highest BCUT2D eigenvalue weighted by atomic mass is 35.5. The van der Waals surface area contributed by atoms with Gasteiger partial charge in [0.15, 0.2) is 24.7 Å². The zero-order chi connectivity index (χ0) is 20.7. The molecule has 0 saturated carbocycles. The number of methoxy groups -OCH3 is 3. The maximum Gasteiger partial charge on any atom is 0.344 e. The largest absolute Gasteiger partial charge is 0.493 e. The number of carbonyl (C=O) groups excluding carboxylic acids is 2. The quantitative estimate of drug-likeness (QED) is 0.443. The second-order valence-electron chi connectivity index (χ2n) is 5.36. The van der Waals surface area contributed by atoms with Crippen molar-refractivity contribution >= 4 is 35.0 Å². The van der Waals surface area contributed by atoms with Gasteiger partial charge in [0.05, 0.1) is 26.4 Å². The van der Waals surface area contributed by atoms with E-state index in [2.05, 4.69) is 0 Å². The van der Waals surface area contributed by atoms with Gasteiger partial charge in [-0.1, -0.05) is 23.2 Å². The molecule has 2 aromatic carbocycles. The van der Waals surface area contributed by atoms with Crippen LogP contribution in [-0.2, 0) is 9.53 Å². The summed E-state index contributed by atoms with van der Waals surface area (Å²) in [4.78, 5) is 24.2. The Bertz CT molecular complexity index is 842. The Morgan fingerprint density at radius 1 is 0.857 bits per heavy atom. The summed E-state index contributed by atoms with van der Waals surface area (Å²) >= 11 is 11.7. The summed E-state index contributed by atoms with van der Waals surface area (Å²) in [6.07, 6.45) is 0. The molecule has 28 heavy (non-hydrogen) atoms. The number of hydrogen-bond donors (Lipinski definition) is 0. The van der Waals surface area contributed by atoms with Crippen molar-refractivity contribution in [3.05, 3.63) is 45.9 Å². The van der Waals surface area contributed by atoms with Crippen LogP contribution < -0.4 is 18.9 Å². The van der Waals surface area contributed by atoms with Gasteiger partial charge in [-0.3, -0.25) is 4.79 Å². The fourth-order valence-corrected chi connectivity index (χ4v) is 2.71. The van der Waals surface area contributed by atoms with E-state index in [1.54, 1.807) is 6.07 Å². The van der Waals surface area contributed by atoms with Crippen molar-refractivity contribution in [2.45, 2.75) is 0 Å². The highest BCUT2D eigenvalue weighted by molar-refractivity contribution is 6.35. The predicted molar refractivity (Wildman–Crippen MR) is 103 cm³/mol. The van der Waals surface area contributed by atoms with E-state index in [-0.39, 0.29) is 16.3 Å². The Labute approximate surface area is 172 Å². The second kappa shape index (κ2) is 10.1. The lowest BCUT2D eigenvalue weighted by Gasteiger charge is -2.13. The van der Waals surface area contributed by atoms with Crippen LogP contribution in [0.5, 0.6) is 23.0 Å². The number of ether oxygens (including phenoxy) is 5. The highest BCUT2D eigenvalue weighted by Crippen LogP contribution is 2.38. The van der Waals surface area contributed by atoms with E-state index in [9.17, 15) is 9.59 Å². The summed E-state index contributed by atoms with van der Waals surface area (Å²) in [7, 11) is 4.33. The SMILES string of the molecule is COc1cc(C(=O)COC(=O)COc2ccc(Cl)cc2Cl)cc(OC)c1OC. The fourth-order valence-electron chi connectivity index (χ4n) is 2.24. The molecule has 2 aromatic rings. The summed E-state index contributed by atoms with van der Waals surface area (Å²) in [5.41, 5.74) is 0.240. The molecule has 0 fully saturated rings. The maximum absolute atomic E-state index is 12.3. The first-order valence-electron chi connectivity index (χ1n) is 7.96. The van der Waals surface area contributed by atoms with Gasteiger partial charge < -0.3 is 23.7 Å². The minimum atomic E-state index is -0.730. The molecule has 0 aliphatic carbocycles. The van der Waals surface area contributed by atoms with Gasteiger partial charge >= 0.3 is 5.97 Å².